The standard InChI is InChI=1S/C13H18N4O3/c18-12(19)9-1-6-15-11(7-9)8-16-13(20)17-10-2-4-14-5-3-10/h1,6-7,10,14H,2-5,8H2,(H,18,19)(H2,16,17,20). The van der Waals surface area contributed by atoms with Gasteiger partial charge in [-0.2, -0.15) is 0 Å². The van der Waals surface area contributed by atoms with E-state index in [1.807, 2.05) is 0 Å². The molecular formula is C13H18N4O3. The molecule has 2 rings (SSSR count). The Morgan fingerprint density at radius 3 is 2.85 bits per heavy atom. The predicted molar refractivity (Wildman–Crippen MR) is 72.5 cm³/mol. The monoisotopic (exact) mass is 278 g/mol. The first-order valence-electron chi connectivity index (χ1n) is 6.58. The van der Waals surface area contributed by atoms with Crippen molar-refractivity contribution >= 4 is 12.0 Å². The van der Waals surface area contributed by atoms with Gasteiger partial charge in [0, 0.05) is 12.2 Å². The van der Waals surface area contributed by atoms with Gasteiger partial charge in [-0.3, -0.25) is 4.98 Å². The Morgan fingerprint density at radius 2 is 2.15 bits per heavy atom. The Kier molecular flexibility index (Phi) is 4.89. The number of carbonyl (C=O) groups is 2. The molecule has 1 aromatic heterocycles. The highest BCUT2D eigenvalue weighted by molar-refractivity contribution is 5.87. The minimum atomic E-state index is -1.01. The number of piperidine rings is 1. The first kappa shape index (κ1) is 14.3. The van der Waals surface area contributed by atoms with E-state index < -0.39 is 5.97 Å². The molecule has 0 atom stereocenters. The first-order chi connectivity index (χ1) is 9.65. The van der Waals surface area contributed by atoms with Gasteiger partial charge >= 0.3 is 12.0 Å². The van der Waals surface area contributed by atoms with Crippen molar-refractivity contribution in [3.63, 3.8) is 0 Å². The van der Waals surface area contributed by atoms with Gasteiger partial charge in [-0.15, -0.1) is 0 Å². The van der Waals surface area contributed by atoms with E-state index in [2.05, 4.69) is 20.9 Å². The van der Waals surface area contributed by atoms with Crippen molar-refractivity contribution in [3.8, 4) is 0 Å². The molecule has 1 aliphatic rings. The molecule has 7 nitrogen and oxygen atoms in total. The zero-order valence-corrected chi connectivity index (χ0v) is 11.1. The van der Waals surface area contributed by atoms with Crippen LogP contribution in [0.2, 0.25) is 0 Å². The Labute approximate surface area is 116 Å². The van der Waals surface area contributed by atoms with E-state index in [0.29, 0.717) is 5.69 Å². The minimum absolute atomic E-state index is 0.163. The van der Waals surface area contributed by atoms with Gasteiger partial charge in [0.2, 0.25) is 0 Å². The van der Waals surface area contributed by atoms with Gasteiger partial charge in [0.1, 0.15) is 0 Å². The van der Waals surface area contributed by atoms with E-state index in [4.69, 9.17) is 5.11 Å². The quantitative estimate of drug-likeness (QED) is 0.635. The number of carbonyl (C=O) groups excluding carboxylic acids is 1. The zero-order valence-electron chi connectivity index (χ0n) is 11.1. The number of hydrogen-bond acceptors (Lipinski definition) is 4. The van der Waals surface area contributed by atoms with Gasteiger partial charge < -0.3 is 21.1 Å². The topological polar surface area (TPSA) is 103 Å². The lowest BCUT2D eigenvalue weighted by Gasteiger charge is -2.23. The number of aromatic nitrogens is 1. The number of amides is 2. The number of aromatic carboxylic acids is 1. The Bertz CT molecular complexity index is 486. The summed E-state index contributed by atoms with van der Waals surface area (Å²) in [4.78, 5) is 26.6. The molecule has 108 valence electrons. The van der Waals surface area contributed by atoms with Crippen molar-refractivity contribution < 1.29 is 14.7 Å². The lowest BCUT2D eigenvalue weighted by atomic mass is 10.1. The van der Waals surface area contributed by atoms with Crippen molar-refractivity contribution in [2.75, 3.05) is 13.1 Å². The van der Waals surface area contributed by atoms with E-state index in [-0.39, 0.29) is 24.2 Å². The van der Waals surface area contributed by atoms with E-state index in [9.17, 15) is 9.59 Å². The number of pyridine rings is 1. The number of hydrogen-bond donors (Lipinski definition) is 4. The maximum atomic E-state index is 11.7. The number of urea groups is 1. The van der Waals surface area contributed by atoms with Gasteiger partial charge in [-0.05, 0) is 38.1 Å². The molecule has 0 spiro atoms. The number of carboxylic acids is 1. The van der Waals surface area contributed by atoms with Crippen molar-refractivity contribution in [1.82, 2.24) is 20.9 Å². The lowest BCUT2D eigenvalue weighted by molar-refractivity contribution is 0.0696. The van der Waals surface area contributed by atoms with Crippen LogP contribution in [0.4, 0.5) is 4.79 Å². The van der Waals surface area contributed by atoms with E-state index in [0.717, 1.165) is 25.9 Å². The highest BCUT2D eigenvalue weighted by Crippen LogP contribution is 2.03. The lowest BCUT2D eigenvalue weighted by Crippen LogP contribution is -2.46. The number of nitrogens with zero attached hydrogens (tertiary/aromatic N) is 1. The summed E-state index contributed by atoms with van der Waals surface area (Å²) in [5.41, 5.74) is 0.681. The molecule has 4 N–H and O–H groups in total. The maximum Gasteiger partial charge on any atom is 0.335 e. The summed E-state index contributed by atoms with van der Waals surface area (Å²) >= 11 is 0. The molecule has 0 bridgehead atoms. The molecule has 1 aromatic rings. The van der Waals surface area contributed by atoms with Crippen molar-refractivity contribution in [3.05, 3.63) is 29.6 Å². The molecular weight excluding hydrogens is 260 g/mol. The van der Waals surface area contributed by atoms with Crippen LogP contribution in [0.25, 0.3) is 0 Å². The molecule has 0 unspecified atom stereocenters. The molecule has 20 heavy (non-hydrogen) atoms. The van der Waals surface area contributed by atoms with E-state index >= 15 is 0 Å². The predicted octanol–water partition coefficient (Wildman–Crippen LogP) is 0.331. The third kappa shape index (κ3) is 4.20. The smallest absolute Gasteiger partial charge is 0.335 e. The fourth-order valence-electron chi connectivity index (χ4n) is 2.08. The highest BCUT2D eigenvalue weighted by atomic mass is 16.4. The summed E-state index contributed by atoms with van der Waals surface area (Å²) in [6.07, 6.45) is 3.26. The van der Waals surface area contributed by atoms with Crippen LogP contribution in [0.5, 0.6) is 0 Å². The summed E-state index contributed by atoms with van der Waals surface area (Å²) in [6.45, 7) is 2.03. The summed E-state index contributed by atoms with van der Waals surface area (Å²) in [5, 5.41) is 17.7. The second-order valence-electron chi connectivity index (χ2n) is 4.69. The Balaban J connectivity index is 1.80. The van der Waals surface area contributed by atoms with Crippen LogP contribution in [0, 0.1) is 0 Å². The second-order valence-corrected chi connectivity index (χ2v) is 4.69. The third-order valence-corrected chi connectivity index (χ3v) is 3.17. The Hall–Kier alpha value is -2.15. The van der Waals surface area contributed by atoms with E-state index in [1.165, 1.54) is 18.3 Å². The van der Waals surface area contributed by atoms with Crippen LogP contribution in [-0.2, 0) is 6.54 Å². The molecule has 0 radical (unpaired) electrons. The number of rotatable bonds is 4. The van der Waals surface area contributed by atoms with Gasteiger partial charge in [0.25, 0.3) is 0 Å². The van der Waals surface area contributed by atoms with Crippen LogP contribution >= 0.6 is 0 Å². The minimum Gasteiger partial charge on any atom is -0.478 e. The van der Waals surface area contributed by atoms with Crippen LogP contribution in [0.15, 0.2) is 18.3 Å². The average Bonchev–Trinajstić information content (AvgIpc) is 2.46. The fourth-order valence-corrected chi connectivity index (χ4v) is 2.08. The summed E-state index contributed by atoms with van der Waals surface area (Å²) in [5.74, 6) is -1.01. The van der Waals surface area contributed by atoms with Crippen LogP contribution in [-0.4, -0.2) is 41.2 Å². The van der Waals surface area contributed by atoms with Crippen LogP contribution < -0.4 is 16.0 Å². The molecule has 1 saturated heterocycles. The van der Waals surface area contributed by atoms with Gasteiger partial charge in [-0.1, -0.05) is 0 Å². The summed E-state index contributed by atoms with van der Waals surface area (Å²) in [6, 6.07) is 2.81. The van der Waals surface area contributed by atoms with Crippen LogP contribution in [0.3, 0.4) is 0 Å². The van der Waals surface area contributed by atoms with Gasteiger partial charge in [0.15, 0.2) is 0 Å². The third-order valence-electron chi connectivity index (χ3n) is 3.17. The van der Waals surface area contributed by atoms with Gasteiger partial charge in [0.05, 0.1) is 17.8 Å². The fraction of sp³-hybridized carbons (Fsp3) is 0.462. The van der Waals surface area contributed by atoms with E-state index in [1.54, 1.807) is 0 Å². The number of carboxylic acid groups (broad SMARTS) is 1. The highest BCUT2D eigenvalue weighted by Gasteiger charge is 2.15. The average molecular weight is 278 g/mol. The molecule has 0 saturated carbocycles. The number of nitrogens with one attached hydrogen (secondary N) is 3. The zero-order chi connectivity index (χ0) is 14.4. The Morgan fingerprint density at radius 1 is 1.40 bits per heavy atom. The molecule has 0 aliphatic carbocycles. The summed E-state index contributed by atoms with van der Waals surface area (Å²) < 4.78 is 0. The summed E-state index contributed by atoms with van der Waals surface area (Å²) in [7, 11) is 0. The van der Waals surface area contributed by atoms with Crippen molar-refractivity contribution in [2.24, 2.45) is 0 Å². The molecule has 7 heteroatoms. The molecule has 2 heterocycles. The second kappa shape index (κ2) is 6.85. The largest absolute Gasteiger partial charge is 0.478 e. The molecule has 0 aromatic carbocycles. The SMILES string of the molecule is O=C(NCc1cc(C(=O)O)ccn1)NC1CCNCC1. The molecule has 1 fully saturated rings. The normalized spacial score (nSPS) is 15.6. The van der Waals surface area contributed by atoms with Gasteiger partial charge in [-0.25, -0.2) is 9.59 Å². The molecule has 2 amide bonds. The molecule has 1 aliphatic heterocycles. The first-order valence-corrected chi connectivity index (χ1v) is 6.58. The maximum absolute atomic E-state index is 11.7. The van der Waals surface area contributed by atoms with Crippen LogP contribution in [0.1, 0.15) is 28.9 Å². The van der Waals surface area contributed by atoms with Crippen molar-refractivity contribution in [2.45, 2.75) is 25.4 Å². The van der Waals surface area contributed by atoms with Crippen molar-refractivity contribution in [1.29, 1.82) is 0 Å².